The minimum Gasteiger partial charge on any atom is -0.341 e. The van der Waals surface area contributed by atoms with Crippen LogP contribution in [0.25, 0.3) is 0 Å². The predicted octanol–water partition coefficient (Wildman–Crippen LogP) is 2.91. The number of nitrogens with zero attached hydrogens (tertiary/aromatic N) is 2. The van der Waals surface area contributed by atoms with E-state index in [-0.39, 0.29) is 17.9 Å². The summed E-state index contributed by atoms with van der Waals surface area (Å²) in [5.41, 5.74) is 0. The highest BCUT2D eigenvalue weighted by molar-refractivity contribution is 7.99. The van der Waals surface area contributed by atoms with Gasteiger partial charge in [0.15, 0.2) is 0 Å². The van der Waals surface area contributed by atoms with Gasteiger partial charge < -0.3 is 9.80 Å². The van der Waals surface area contributed by atoms with Crippen LogP contribution in [-0.4, -0.2) is 52.4 Å². The number of thioether (sulfide) groups is 1. The van der Waals surface area contributed by atoms with Crippen molar-refractivity contribution < 1.29 is 9.59 Å². The normalized spacial score (nSPS) is 18.0. The topological polar surface area (TPSA) is 40.6 Å². The Bertz CT molecular complexity index is 470. The summed E-state index contributed by atoms with van der Waals surface area (Å²) < 4.78 is 0. The molecule has 1 saturated heterocycles. The molecule has 21 heavy (non-hydrogen) atoms. The van der Waals surface area contributed by atoms with E-state index in [0.29, 0.717) is 16.5 Å². The monoisotopic (exact) mass is 326 g/mol. The second kappa shape index (κ2) is 7.84. The highest BCUT2D eigenvalue weighted by Crippen LogP contribution is 2.26. The number of carbonyl (C=O) groups is 2. The Labute approximate surface area is 134 Å². The Morgan fingerprint density at radius 1 is 1.33 bits per heavy atom. The molecule has 1 aliphatic rings. The first-order valence-corrected chi connectivity index (χ1v) is 9.43. The number of carbonyl (C=O) groups excluding carboxylic acids is 2. The molecule has 1 fully saturated rings. The van der Waals surface area contributed by atoms with Gasteiger partial charge in [-0.3, -0.25) is 9.59 Å². The molecule has 1 unspecified atom stereocenters. The molecule has 1 aliphatic heterocycles. The molecule has 0 bridgehead atoms. The fraction of sp³-hybridized carbons (Fsp3) is 0.600. The molecule has 1 aromatic heterocycles. The summed E-state index contributed by atoms with van der Waals surface area (Å²) >= 11 is 3.10. The lowest BCUT2D eigenvalue weighted by molar-refractivity contribution is -0.135. The Morgan fingerprint density at radius 2 is 2.05 bits per heavy atom. The summed E-state index contributed by atoms with van der Waals surface area (Å²) in [6.45, 7) is 5.70. The number of hydrogen-bond acceptors (Lipinski definition) is 4. The van der Waals surface area contributed by atoms with Crippen molar-refractivity contribution in [3.63, 3.8) is 0 Å². The fourth-order valence-corrected chi connectivity index (χ4v) is 4.30. The summed E-state index contributed by atoms with van der Waals surface area (Å²) in [5.74, 6) is 1.41. The molecular formula is C15H22N2O2S2. The van der Waals surface area contributed by atoms with Gasteiger partial charge in [-0.2, -0.15) is 0 Å². The van der Waals surface area contributed by atoms with Gasteiger partial charge in [-0.25, -0.2) is 0 Å². The predicted molar refractivity (Wildman–Crippen MR) is 88.8 cm³/mol. The lowest BCUT2D eigenvalue weighted by Crippen LogP contribution is -2.49. The van der Waals surface area contributed by atoms with Gasteiger partial charge in [-0.05, 0) is 24.3 Å². The van der Waals surface area contributed by atoms with Gasteiger partial charge in [0.2, 0.25) is 5.91 Å². The third kappa shape index (κ3) is 3.80. The average Bonchev–Trinajstić information content (AvgIpc) is 3.16. The zero-order valence-electron chi connectivity index (χ0n) is 12.6. The summed E-state index contributed by atoms with van der Waals surface area (Å²) in [5, 5.41) is 1.90. The van der Waals surface area contributed by atoms with E-state index in [1.807, 2.05) is 22.4 Å². The number of amides is 2. The number of rotatable bonds is 6. The van der Waals surface area contributed by atoms with Crippen molar-refractivity contribution in [1.29, 1.82) is 0 Å². The van der Waals surface area contributed by atoms with Gasteiger partial charge in [0.05, 0.1) is 10.8 Å². The Morgan fingerprint density at radius 3 is 2.62 bits per heavy atom. The lowest BCUT2D eigenvalue weighted by atomic mass is 10.2. The van der Waals surface area contributed by atoms with Gasteiger partial charge in [0.25, 0.3) is 5.91 Å². The first-order chi connectivity index (χ1) is 10.2. The zero-order valence-corrected chi connectivity index (χ0v) is 14.2. The van der Waals surface area contributed by atoms with Crippen LogP contribution in [0.15, 0.2) is 17.5 Å². The third-order valence-corrected chi connectivity index (χ3v) is 5.33. The second-order valence-corrected chi connectivity index (χ2v) is 7.04. The standard InChI is InChI=1S/C15H22N2O2S2/c1-3-7-16(8-4-2)14(18)12-10-20-11-17(12)15(19)13-6-5-9-21-13/h5-6,9,12H,3-4,7-8,10-11H2,1-2H3. The van der Waals surface area contributed by atoms with Gasteiger partial charge in [-0.1, -0.05) is 19.9 Å². The van der Waals surface area contributed by atoms with Crippen LogP contribution in [0.4, 0.5) is 0 Å². The Hall–Kier alpha value is -1.01. The van der Waals surface area contributed by atoms with Crippen molar-refractivity contribution in [2.45, 2.75) is 32.7 Å². The summed E-state index contributed by atoms with van der Waals surface area (Å²) in [7, 11) is 0. The Kier molecular flexibility index (Phi) is 6.11. The van der Waals surface area contributed by atoms with Crippen molar-refractivity contribution in [3.8, 4) is 0 Å². The zero-order chi connectivity index (χ0) is 15.2. The van der Waals surface area contributed by atoms with Crippen molar-refractivity contribution >= 4 is 34.9 Å². The number of thiophene rings is 1. The van der Waals surface area contributed by atoms with Crippen molar-refractivity contribution in [1.82, 2.24) is 9.80 Å². The van der Waals surface area contributed by atoms with Crippen LogP contribution < -0.4 is 0 Å². The van der Waals surface area contributed by atoms with Crippen LogP contribution in [0.1, 0.15) is 36.4 Å². The van der Waals surface area contributed by atoms with E-state index in [1.54, 1.807) is 16.7 Å². The highest BCUT2D eigenvalue weighted by Gasteiger charge is 2.37. The molecule has 2 amide bonds. The van der Waals surface area contributed by atoms with Crippen molar-refractivity contribution in [2.24, 2.45) is 0 Å². The molecule has 4 nitrogen and oxygen atoms in total. The summed E-state index contributed by atoms with van der Waals surface area (Å²) in [6, 6.07) is 3.40. The van der Waals surface area contributed by atoms with Gasteiger partial charge in [-0.15, -0.1) is 23.1 Å². The molecule has 0 saturated carbocycles. The van der Waals surface area contributed by atoms with Gasteiger partial charge in [0.1, 0.15) is 6.04 Å². The molecule has 6 heteroatoms. The minimum absolute atomic E-state index is 0.0127. The molecule has 2 heterocycles. The van der Waals surface area contributed by atoms with E-state index >= 15 is 0 Å². The fourth-order valence-electron chi connectivity index (χ4n) is 2.47. The van der Waals surface area contributed by atoms with Crippen LogP contribution >= 0.6 is 23.1 Å². The van der Waals surface area contributed by atoms with Gasteiger partial charge >= 0.3 is 0 Å². The van der Waals surface area contributed by atoms with E-state index in [0.717, 1.165) is 25.9 Å². The first-order valence-electron chi connectivity index (χ1n) is 7.40. The van der Waals surface area contributed by atoms with E-state index in [2.05, 4.69) is 13.8 Å². The quantitative estimate of drug-likeness (QED) is 0.807. The van der Waals surface area contributed by atoms with E-state index in [4.69, 9.17) is 0 Å². The van der Waals surface area contributed by atoms with E-state index < -0.39 is 0 Å². The molecule has 0 aliphatic carbocycles. The highest BCUT2D eigenvalue weighted by atomic mass is 32.2. The maximum Gasteiger partial charge on any atom is 0.265 e. The number of hydrogen-bond donors (Lipinski definition) is 0. The van der Waals surface area contributed by atoms with Gasteiger partial charge in [0, 0.05) is 18.8 Å². The molecule has 0 aromatic carbocycles. The van der Waals surface area contributed by atoms with Crippen molar-refractivity contribution in [2.75, 3.05) is 24.7 Å². The summed E-state index contributed by atoms with van der Waals surface area (Å²) in [4.78, 5) is 29.6. The van der Waals surface area contributed by atoms with Crippen LogP contribution in [0, 0.1) is 0 Å². The lowest BCUT2D eigenvalue weighted by Gasteiger charge is -2.29. The van der Waals surface area contributed by atoms with Crippen LogP contribution in [-0.2, 0) is 4.79 Å². The van der Waals surface area contributed by atoms with E-state index in [9.17, 15) is 9.59 Å². The van der Waals surface area contributed by atoms with Crippen LogP contribution in [0.5, 0.6) is 0 Å². The molecular weight excluding hydrogens is 304 g/mol. The maximum absolute atomic E-state index is 12.7. The molecule has 2 rings (SSSR count). The second-order valence-electron chi connectivity index (χ2n) is 5.09. The average molecular weight is 326 g/mol. The molecule has 0 radical (unpaired) electrons. The molecule has 1 atom stereocenters. The molecule has 0 N–H and O–H groups in total. The minimum atomic E-state index is -0.303. The van der Waals surface area contributed by atoms with Crippen LogP contribution in [0.3, 0.4) is 0 Å². The largest absolute Gasteiger partial charge is 0.341 e. The van der Waals surface area contributed by atoms with Crippen LogP contribution in [0.2, 0.25) is 0 Å². The molecule has 116 valence electrons. The SMILES string of the molecule is CCCN(CCC)C(=O)C1CSCN1C(=O)c1cccs1. The molecule has 0 spiro atoms. The first kappa shape index (κ1) is 16.4. The molecule has 1 aromatic rings. The van der Waals surface area contributed by atoms with E-state index in [1.165, 1.54) is 11.3 Å². The Balaban J connectivity index is 2.10. The smallest absolute Gasteiger partial charge is 0.265 e. The van der Waals surface area contributed by atoms with Crippen molar-refractivity contribution in [3.05, 3.63) is 22.4 Å². The summed E-state index contributed by atoms with van der Waals surface area (Å²) in [6.07, 6.45) is 1.90. The maximum atomic E-state index is 12.7. The third-order valence-electron chi connectivity index (χ3n) is 3.46.